The highest BCUT2D eigenvalue weighted by Gasteiger charge is 2.90. The van der Waals surface area contributed by atoms with Gasteiger partial charge in [-0.2, -0.15) is 57.1 Å². The van der Waals surface area contributed by atoms with Crippen LogP contribution in [0.3, 0.4) is 0 Å². The second kappa shape index (κ2) is 9.38. The molecule has 1 aromatic rings. The summed E-state index contributed by atoms with van der Waals surface area (Å²) in [4.78, 5) is 0. The van der Waals surface area contributed by atoms with E-state index >= 15 is 0 Å². The largest absolute Gasteiger partial charge is 0.460 e. The van der Waals surface area contributed by atoms with Gasteiger partial charge in [-0.05, 0) is 30.9 Å². The normalized spacial score (nSPS) is 16.5. The third-order valence-corrected chi connectivity index (χ3v) is 5.40. The van der Waals surface area contributed by atoms with Crippen molar-refractivity contribution in [1.82, 2.24) is 0 Å². The van der Waals surface area contributed by atoms with E-state index in [0.717, 1.165) is 20.1 Å². The van der Waals surface area contributed by atoms with E-state index in [0.29, 0.717) is 12.8 Å². The van der Waals surface area contributed by atoms with Crippen molar-refractivity contribution in [2.45, 2.75) is 80.9 Å². The van der Waals surface area contributed by atoms with Crippen LogP contribution in [0.1, 0.15) is 44.2 Å². The highest BCUT2D eigenvalue weighted by atomic mass is 19.4. The van der Waals surface area contributed by atoms with Crippen LogP contribution in [0.5, 0.6) is 0 Å². The molecule has 0 aliphatic rings. The van der Waals surface area contributed by atoms with Gasteiger partial charge in [0.1, 0.15) is 0 Å². The van der Waals surface area contributed by atoms with Gasteiger partial charge in [0.05, 0.1) is 12.0 Å². The van der Waals surface area contributed by atoms with Gasteiger partial charge in [-0.1, -0.05) is 37.6 Å². The molecule has 1 rings (SSSR count). The second-order valence-corrected chi connectivity index (χ2v) is 7.87. The third-order valence-electron chi connectivity index (χ3n) is 5.40. The van der Waals surface area contributed by atoms with Gasteiger partial charge in [-0.3, -0.25) is 0 Å². The molecule has 1 unspecified atom stereocenters. The Kier molecular flexibility index (Phi) is 8.36. The molecule has 0 aliphatic carbocycles. The minimum atomic E-state index is -7.92. The molecule has 0 bridgehead atoms. The van der Waals surface area contributed by atoms with Gasteiger partial charge in [-0.25, -0.2) is 0 Å². The van der Waals surface area contributed by atoms with Crippen LogP contribution in [0.15, 0.2) is 24.3 Å². The maximum atomic E-state index is 14.5. The number of aryl methyl sites for hydroxylation is 1. The van der Waals surface area contributed by atoms with Crippen LogP contribution in [-0.2, 0) is 16.8 Å². The predicted octanol–water partition coefficient (Wildman–Crippen LogP) is 8.02. The van der Waals surface area contributed by atoms with Gasteiger partial charge < -0.3 is 4.74 Å². The summed E-state index contributed by atoms with van der Waals surface area (Å²) in [5, 5.41) is 0. The lowest BCUT2D eigenvalue weighted by Gasteiger charge is -2.42. The van der Waals surface area contributed by atoms with Crippen molar-refractivity contribution in [2.75, 3.05) is 7.11 Å². The number of halogens is 13. The number of rotatable bonds is 11. The molecule has 0 saturated carbocycles. The molecule has 0 fully saturated rings. The topological polar surface area (TPSA) is 9.23 Å². The Morgan fingerprint density at radius 2 is 1.18 bits per heavy atom. The molecule has 1 aromatic carbocycles. The summed E-state index contributed by atoms with van der Waals surface area (Å²) in [6.07, 6.45) is -8.62. The van der Waals surface area contributed by atoms with Crippen LogP contribution in [0, 0.1) is 0 Å². The van der Waals surface area contributed by atoms with Gasteiger partial charge >= 0.3 is 35.8 Å². The number of hydrogen-bond donors (Lipinski definition) is 0. The molecule has 0 spiro atoms. The fourth-order valence-corrected chi connectivity index (χ4v) is 3.24. The maximum absolute atomic E-state index is 14.5. The van der Waals surface area contributed by atoms with E-state index < -0.39 is 47.8 Å². The Hall–Kier alpha value is -1.73. The van der Waals surface area contributed by atoms with Gasteiger partial charge in [0.15, 0.2) is 0 Å². The van der Waals surface area contributed by atoms with Crippen LogP contribution in [0.2, 0.25) is 0 Å². The van der Waals surface area contributed by atoms with E-state index in [1.54, 1.807) is 6.92 Å². The van der Waals surface area contributed by atoms with Crippen LogP contribution in [0.4, 0.5) is 57.1 Å². The third kappa shape index (κ3) is 4.83. The van der Waals surface area contributed by atoms with Crippen molar-refractivity contribution >= 4 is 0 Å². The van der Waals surface area contributed by atoms with Crippen LogP contribution >= 0.6 is 0 Å². The molecule has 1 nitrogen and oxygen atoms in total. The molecule has 198 valence electrons. The fraction of sp³-hybridized carbons (Fsp3) is 0.700. The van der Waals surface area contributed by atoms with Crippen LogP contribution in [-0.4, -0.2) is 42.9 Å². The highest BCUT2D eigenvalue weighted by molar-refractivity contribution is 5.33. The molecule has 0 amide bonds. The predicted molar refractivity (Wildman–Crippen MR) is 94.8 cm³/mol. The van der Waals surface area contributed by atoms with Gasteiger partial charge in [0.25, 0.3) is 0 Å². The molecule has 0 saturated heterocycles. The Balaban J connectivity index is 3.55. The number of benzene rings is 1. The zero-order chi connectivity index (χ0) is 27.0. The molecule has 0 heterocycles. The van der Waals surface area contributed by atoms with Crippen molar-refractivity contribution in [1.29, 1.82) is 0 Å². The lowest BCUT2D eigenvalue weighted by atomic mass is 9.81. The number of unbranched alkanes of at least 4 members (excludes halogenated alkanes) is 1. The molecule has 0 aliphatic heterocycles. The molecule has 0 aromatic heterocycles. The van der Waals surface area contributed by atoms with E-state index in [2.05, 4.69) is 0 Å². The summed E-state index contributed by atoms with van der Waals surface area (Å²) in [5.74, 6) is -37.1. The average Bonchev–Trinajstić information content (AvgIpc) is 2.70. The molecule has 1 atom stereocenters. The van der Waals surface area contributed by atoms with Gasteiger partial charge in [0, 0.05) is 7.11 Å². The average molecular weight is 524 g/mol. The van der Waals surface area contributed by atoms with E-state index in [-0.39, 0.29) is 17.5 Å². The van der Waals surface area contributed by atoms with E-state index in [1.807, 2.05) is 0 Å². The lowest BCUT2D eigenvalue weighted by Crippen LogP contribution is -2.70. The fourth-order valence-electron chi connectivity index (χ4n) is 3.24. The number of alkyl halides is 13. The summed E-state index contributed by atoms with van der Waals surface area (Å²) in [5.41, 5.74) is -2.50. The summed E-state index contributed by atoms with van der Waals surface area (Å²) >= 11 is 0. The first kappa shape index (κ1) is 30.3. The molecule has 14 heteroatoms. The Bertz CT molecular complexity index is 832. The number of ether oxygens (including phenoxy) is 1. The van der Waals surface area contributed by atoms with E-state index in [4.69, 9.17) is 4.74 Å². The summed E-state index contributed by atoms with van der Waals surface area (Å²) in [6, 6.07) is 5.19. The quantitative estimate of drug-likeness (QED) is 0.267. The van der Waals surface area contributed by atoms with Gasteiger partial charge in [-0.15, -0.1) is 0 Å². The minimum Gasteiger partial charge on any atom is -0.374 e. The molecular formula is C20H21F13O. The van der Waals surface area contributed by atoms with Crippen LogP contribution in [0.25, 0.3) is 0 Å². The maximum Gasteiger partial charge on any atom is 0.460 e. The Labute approximate surface area is 186 Å². The van der Waals surface area contributed by atoms with Crippen molar-refractivity contribution < 1.29 is 61.8 Å². The monoisotopic (exact) mass is 524 g/mol. The first-order valence-electron chi connectivity index (χ1n) is 9.66. The minimum absolute atomic E-state index is 0.194. The second-order valence-electron chi connectivity index (χ2n) is 7.87. The van der Waals surface area contributed by atoms with E-state index in [9.17, 15) is 57.1 Å². The Morgan fingerprint density at radius 3 is 1.62 bits per heavy atom. The zero-order valence-corrected chi connectivity index (χ0v) is 18.0. The van der Waals surface area contributed by atoms with E-state index in [1.165, 1.54) is 18.2 Å². The summed E-state index contributed by atoms with van der Waals surface area (Å²) in [6.45, 7) is 2.49. The highest BCUT2D eigenvalue weighted by Crippen LogP contribution is 2.61. The summed E-state index contributed by atoms with van der Waals surface area (Å²) in [7, 11) is 0.718. The van der Waals surface area contributed by atoms with Crippen LogP contribution < -0.4 is 0 Å². The van der Waals surface area contributed by atoms with Crippen molar-refractivity contribution in [3.8, 4) is 0 Å². The standard InChI is InChI=1S/C20H21F13O/c1-4-5-8-12-9-6-7-10-13(12)14(2,34-3)11-15(21,22)16(23,24)17(25,26)18(27,28)19(29,30)20(31,32)33/h6-7,9-10H,4-5,8,11H2,1-3H3. The Morgan fingerprint density at radius 1 is 0.706 bits per heavy atom. The molecule has 0 N–H and O–H groups in total. The molecule has 34 heavy (non-hydrogen) atoms. The first-order valence-corrected chi connectivity index (χ1v) is 9.66. The van der Waals surface area contributed by atoms with Crippen molar-refractivity contribution in [2.24, 2.45) is 0 Å². The lowest BCUT2D eigenvalue weighted by molar-refractivity contribution is -0.441. The SMILES string of the molecule is CCCCc1ccccc1C(C)(CC(F)(F)C(F)(F)C(F)(F)C(F)(F)C(F)(F)C(F)(F)F)OC. The number of hydrogen-bond acceptors (Lipinski definition) is 1. The van der Waals surface area contributed by atoms with Gasteiger partial charge in [0.2, 0.25) is 0 Å². The van der Waals surface area contributed by atoms with Crippen molar-refractivity contribution in [3.05, 3.63) is 35.4 Å². The smallest absolute Gasteiger partial charge is 0.374 e. The molecular weight excluding hydrogens is 503 g/mol. The number of methoxy groups -OCH3 is 1. The van der Waals surface area contributed by atoms with Crippen molar-refractivity contribution in [3.63, 3.8) is 0 Å². The molecule has 0 radical (unpaired) electrons. The first-order chi connectivity index (χ1) is 15.1. The summed E-state index contributed by atoms with van der Waals surface area (Å²) < 4.78 is 179. The zero-order valence-electron chi connectivity index (χ0n) is 18.0.